The fourth-order valence-corrected chi connectivity index (χ4v) is 1.68. The fourth-order valence-electron chi connectivity index (χ4n) is 1.25. The number of carbonyl (C=O) groups is 1. The molecule has 0 amide bonds. The average Bonchev–Trinajstić information content (AvgIpc) is 2.67. The molecular weight excluding hydrogens is 248 g/mol. The Morgan fingerprint density at radius 2 is 2.36 bits per heavy atom. The van der Waals surface area contributed by atoms with Gasteiger partial charge in [-0.2, -0.15) is 0 Å². The van der Waals surface area contributed by atoms with Crippen LogP contribution in [-0.2, 0) is 4.74 Å². The Bertz CT molecular complexity index is 493. The molecule has 2 heterocycles. The molecule has 0 saturated heterocycles. The molecule has 0 aliphatic carbocycles. The highest BCUT2D eigenvalue weighted by molar-refractivity contribution is 9.10. The minimum absolute atomic E-state index is 0.375. The summed E-state index contributed by atoms with van der Waals surface area (Å²) in [5, 5.41) is 0. The van der Waals surface area contributed by atoms with Crippen molar-refractivity contribution in [1.82, 2.24) is 9.38 Å². The Hall–Kier alpha value is -1.36. The minimum atomic E-state index is -0.375. The summed E-state index contributed by atoms with van der Waals surface area (Å²) >= 11 is 3.37. The van der Waals surface area contributed by atoms with Crippen molar-refractivity contribution < 1.29 is 9.53 Å². The quantitative estimate of drug-likeness (QED) is 0.731. The third kappa shape index (κ3) is 1.29. The molecule has 2 aromatic rings. The highest BCUT2D eigenvalue weighted by Crippen LogP contribution is 2.19. The van der Waals surface area contributed by atoms with Gasteiger partial charge in [-0.1, -0.05) is 0 Å². The number of esters is 1. The first-order valence-electron chi connectivity index (χ1n) is 3.93. The van der Waals surface area contributed by atoms with Crippen molar-refractivity contribution in [1.29, 1.82) is 0 Å². The smallest absolute Gasteiger partial charge is 0.355 e. The lowest BCUT2D eigenvalue weighted by Crippen LogP contribution is -2.07. The van der Waals surface area contributed by atoms with E-state index in [4.69, 9.17) is 0 Å². The van der Waals surface area contributed by atoms with Crippen LogP contribution in [0.15, 0.2) is 29.1 Å². The Balaban J connectivity index is 2.72. The molecule has 0 N–H and O–H groups in total. The molecule has 14 heavy (non-hydrogen) atoms. The lowest BCUT2D eigenvalue weighted by atomic mass is 10.3. The first kappa shape index (κ1) is 9.21. The normalized spacial score (nSPS) is 10.4. The van der Waals surface area contributed by atoms with E-state index in [1.54, 1.807) is 29.1 Å². The van der Waals surface area contributed by atoms with Crippen molar-refractivity contribution in [3.8, 4) is 0 Å². The number of halogens is 1. The number of hydrogen-bond acceptors (Lipinski definition) is 3. The standard InChI is InChI=1S/C9H7BrN2O2/c1-14-9(13)7-3-2-6(10)8-4-11-5-12(7)8/h2-5H,1H3. The summed E-state index contributed by atoms with van der Waals surface area (Å²) in [6.07, 6.45) is 3.25. The minimum Gasteiger partial charge on any atom is -0.464 e. The number of imidazole rings is 1. The van der Waals surface area contributed by atoms with Gasteiger partial charge in [-0.15, -0.1) is 0 Å². The number of nitrogens with zero attached hydrogens (tertiary/aromatic N) is 2. The van der Waals surface area contributed by atoms with Crippen molar-refractivity contribution in [3.05, 3.63) is 34.8 Å². The summed E-state index contributed by atoms with van der Waals surface area (Å²) < 4.78 is 7.22. The van der Waals surface area contributed by atoms with Crippen LogP contribution in [0, 0.1) is 0 Å². The van der Waals surface area contributed by atoms with Gasteiger partial charge in [0.25, 0.3) is 0 Å². The second-order valence-corrected chi connectivity index (χ2v) is 3.56. The van der Waals surface area contributed by atoms with E-state index < -0.39 is 0 Å². The SMILES string of the molecule is COC(=O)c1ccc(Br)c2cncn12. The average molecular weight is 255 g/mol. The predicted molar refractivity (Wildman–Crippen MR) is 54.2 cm³/mol. The highest BCUT2D eigenvalue weighted by atomic mass is 79.9. The third-order valence-corrected chi connectivity index (χ3v) is 2.60. The highest BCUT2D eigenvalue weighted by Gasteiger charge is 2.11. The van der Waals surface area contributed by atoms with Crippen LogP contribution >= 0.6 is 15.9 Å². The van der Waals surface area contributed by atoms with E-state index in [0.717, 1.165) is 9.99 Å². The van der Waals surface area contributed by atoms with E-state index in [1.165, 1.54) is 7.11 Å². The molecule has 0 unspecified atom stereocenters. The van der Waals surface area contributed by atoms with Gasteiger partial charge in [0.05, 0.1) is 25.2 Å². The lowest BCUT2D eigenvalue weighted by molar-refractivity contribution is 0.0592. The summed E-state index contributed by atoms with van der Waals surface area (Å²) in [6, 6.07) is 3.48. The lowest BCUT2D eigenvalue weighted by Gasteiger charge is -2.03. The van der Waals surface area contributed by atoms with Crippen molar-refractivity contribution in [3.63, 3.8) is 0 Å². The largest absolute Gasteiger partial charge is 0.464 e. The van der Waals surface area contributed by atoms with Gasteiger partial charge in [-0.25, -0.2) is 9.78 Å². The Morgan fingerprint density at radius 3 is 3.07 bits per heavy atom. The van der Waals surface area contributed by atoms with E-state index in [-0.39, 0.29) is 5.97 Å². The van der Waals surface area contributed by atoms with Gasteiger partial charge < -0.3 is 4.74 Å². The topological polar surface area (TPSA) is 43.6 Å². The zero-order valence-electron chi connectivity index (χ0n) is 7.40. The molecule has 2 rings (SSSR count). The van der Waals surface area contributed by atoms with Crippen LogP contribution in [0.2, 0.25) is 0 Å². The first-order chi connectivity index (χ1) is 6.74. The maximum absolute atomic E-state index is 11.4. The molecule has 0 bridgehead atoms. The van der Waals surface area contributed by atoms with Crippen molar-refractivity contribution in [2.75, 3.05) is 7.11 Å². The predicted octanol–water partition coefficient (Wildman–Crippen LogP) is 1.88. The molecule has 0 aliphatic rings. The van der Waals surface area contributed by atoms with Crippen molar-refractivity contribution in [2.24, 2.45) is 0 Å². The van der Waals surface area contributed by atoms with E-state index in [1.807, 2.05) is 0 Å². The molecule has 0 aliphatic heterocycles. The third-order valence-electron chi connectivity index (χ3n) is 1.92. The molecule has 0 aromatic carbocycles. The first-order valence-corrected chi connectivity index (χ1v) is 4.72. The molecule has 0 atom stereocenters. The molecule has 0 saturated carbocycles. The van der Waals surface area contributed by atoms with Gasteiger partial charge in [-0.3, -0.25) is 4.40 Å². The molecule has 4 nitrogen and oxygen atoms in total. The summed E-state index contributed by atoms with van der Waals surface area (Å²) in [7, 11) is 1.35. The van der Waals surface area contributed by atoms with Crippen LogP contribution in [0.4, 0.5) is 0 Å². The summed E-state index contributed by atoms with van der Waals surface area (Å²) in [4.78, 5) is 15.3. The van der Waals surface area contributed by atoms with E-state index in [2.05, 4.69) is 25.7 Å². The maximum atomic E-state index is 11.4. The Labute approximate surface area is 88.6 Å². The van der Waals surface area contributed by atoms with Crippen LogP contribution in [0.5, 0.6) is 0 Å². The number of fused-ring (bicyclic) bond motifs is 1. The molecule has 0 spiro atoms. The molecule has 72 valence electrons. The van der Waals surface area contributed by atoms with Crippen molar-refractivity contribution in [2.45, 2.75) is 0 Å². The van der Waals surface area contributed by atoms with Crippen LogP contribution < -0.4 is 0 Å². The molecule has 5 heteroatoms. The molecular formula is C9H7BrN2O2. The van der Waals surface area contributed by atoms with Gasteiger partial charge in [-0.05, 0) is 28.1 Å². The van der Waals surface area contributed by atoms with Crippen LogP contribution in [0.1, 0.15) is 10.5 Å². The van der Waals surface area contributed by atoms with Gasteiger partial charge in [0, 0.05) is 4.47 Å². The number of rotatable bonds is 1. The Kier molecular flexibility index (Phi) is 2.25. The van der Waals surface area contributed by atoms with Crippen molar-refractivity contribution >= 4 is 27.4 Å². The maximum Gasteiger partial charge on any atom is 0.355 e. The van der Waals surface area contributed by atoms with Crippen LogP contribution in [-0.4, -0.2) is 22.5 Å². The number of carbonyl (C=O) groups excluding carboxylic acids is 1. The van der Waals surface area contributed by atoms with Gasteiger partial charge in [0.15, 0.2) is 0 Å². The molecule has 0 fully saturated rings. The van der Waals surface area contributed by atoms with Crippen LogP contribution in [0.3, 0.4) is 0 Å². The Morgan fingerprint density at radius 1 is 1.57 bits per heavy atom. The number of pyridine rings is 1. The number of ether oxygens (including phenoxy) is 1. The van der Waals surface area contributed by atoms with Gasteiger partial charge in [0.2, 0.25) is 0 Å². The van der Waals surface area contributed by atoms with Gasteiger partial charge in [0.1, 0.15) is 5.69 Å². The summed E-state index contributed by atoms with van der Waals surface area (Å²) in [5.74, 6) is -0.375. The molecule has 2 aromatic heterocycles. The number of aromatic nitrogens is 2. The van der Waals surface area contributed by atoms with Crippen LogP contribution in [0.25, 0.3) is 5.52 Å². The van der Waals surface area contributed by atoms with E-state index in [0.29, 0.717) is 5.69 Å². The summed E-state index contributed by atoms with van der Waals surface area (Å²) in [6.45, 7) is 0. The number of methoxy groups -OCH3 is 1. The molecule has 0 radical (unpaired) electrons. The monoisotopic (exact) mass is 254 g/mol. The van der Waals surface area contributed by atoms with E-state index >= 15 is 0 Å². The fraction of sp³-hybridized carbons (Fsp3) is 0.111. The second-order valence-electron chi connectivity index (χ2n) is 2.71. The van der Waals surface area contributed by atoms with E-state index in [9.17, 15) is 4.79 Å². The summed E-state index contributed by atoms with van der Waals surface area (Å²) in [5.41, 5.74) is 1.30. The zero-order chi connectivity index (χ0) is 10.1. The zero-order valence-corrected chi connectivity index (χ0v) is 8.98. The van der Waals surface area contributed by atoms with Gasteiger partial charge >= 0.3 is 5.97 Å². The number of hydrogen-bond donors (Lipinski definition) is 0. The second kappa shape index (κ2) is 3.42.